The highest BCUT2D eigenvalue weighted by Crippen LogP contribution is 2.18. The Hall–Kier alpha value is -1.94. The zero-order chi connectivity index (χ0) is 15.9. The number of hydrogen-bond acceptors (Lipinski definition) is 3. The largest absolute Gasteiger partial charge is 0.493 e. The van der Waals surface area contributed by atoms with Crippen LogP contribution in [0.3, 0.4) is 0 Å². The molecule has 22 heavy (non-hydrogen) atoms. The molecule has 0 aliphatic rings. The zero-order valence-corrected chi connectivity index (χ0v) is 14.1. The Kier molecular flexibility index (Phi) is 5.90. The first-order valence-corrected chi connectivity index (χ1v) is 8.26. The van der Waals surface area contributed by atoms with Gasteiger partial charge in [0.15, 0.2) is 5.17 Å². The summed E-state index contributed by atoms with van der Waals surface area (Å²) in [6, 6.07) is 14.2. The lowest BCUT2D eigenvalue weighted by Crippen LogP contribution is -2.10. The maximum atomic E-state index is 5.96. The van der Waals surface area contributed by atoms with Crippen molar-refractivity contribution in [3.05, 3.63) is 59.2 Å². The number of hydrogen-bond donors (Lipinski definition) is 1. The number of thioether (sulfide) groups is 1. The van der Waals surface area contributed by atoms with Gasteiger partial charge >= 0.3 is 0 Å². The second kappa shape index (κ2) is 7.90. The van der Waals surface area contributed by atoms with E-state index in [1.54, 1.807) is 0 Å². The van der Waals surface area contributed by atoms with E-state index in [0.29, 0.717) is 11.8 Å². The number of rotatable bonds is 5. The van der Waals surface area contributed by atoms with Crippen LogP contribution in [0.1, 0.15) is 16.7 Å². The van der Waals surface area contributed by atoms with Crippen molar-refractivity contribution in [3.8, 4) is 5.75 Å². The van der Waals surface area contributed by atoms with Crippen molar-refractivity contribution in [2.75, 3.05) is 12.4 Å². The third-order valence-corrected chi connectivity index (χ3v) is 3.83. The van der Waals surface area contributed by atoms with Crippen LogP contribution in [-0.4, -0.2) is 17.5 Å². The van der Waals surface area contributed by atoms with E-state index in [4.69, 9.17) is 10.5 Å². The Bertz CT molecular complexity index is 630. The smallest absolute Gasteiger partial charge is 0.159 e. The van der Waals surface area contributed by atoms with Crippen LogP contribution in [-0.2, 0) is 0 Å². The molecule has 2 rings (SSSR count). The Morgan fingerprint density at radius 3 is 2.27 bits per heavy atom. The van der Waals surface area contributed by atoms with Gasteiger partial charge in [-0.1, -0.05) is 35.5 Å². The molecule has 2 N–H and O–H groups in total. The van der Waals surface area contributed by atoms with E-state index in [2.05, 4.69) is 31.8 Å². The quantitative estimate of drug-likeness (QED) is 0.506. The van der Waals surface area contributed by atoms with E-state index in [9.17, 15) is 0 Å². The zero-order valence-electron chi connectivity index (χ0n) is 13.3. The van der Waals surface area contributed by atoms with Gasteiger partial charge in [-0.3, -0.25) is 0 Å². The maximum absolute atomic E-state index is 5.96. The lowest BCUT2D eigenvalue weighted by Gasteiger charge is -2.06. The SMILES string of the molecule is Cc1ccc(OCCSC(N)=Nc2cc(C)cc(C)c2)cc1. The van der Waals surface area contributed by atoms with Crippen molar-refractivity contribution < 1.29 is 4.74 Å². The average molecular weight is 314 g/mol. The molecule has 0 atom stereocenters. The molecule has 0 heterocycles. The minimum Gasteiger partial charge on any atom is -0.493 e. The molecule has 0 saturated carbocycles. The maximum Gasteiger partial charge on any atom is 0.159 e. The Labute approximate surface area is 136 Å². The van der Waals surface area contributed by atoms with Crippen LogP contribution >= 0.6 is 11.8 Å². The molecular formula is C18H22N2OS. The highest BCUT2D eigenvalue weighted by atomic mass is 32.2. The number of nitrogens with zero attached hydrogens (tertiary/aromatic N) is 1. The van der Waals surface area contributed by atoms with Crippen LogP contribution in [0.25, 0.3) is 0 Å². The topological polar surface area (TPSA) is 47.6 Å². The predicted molar refractivity (Wildman–Crippen MR) is 96.3 cm³/mol. The summed E-state index contributed by atoms with van der Waals surface area (Å²) in [5.74, 6) is 1.66. The summed E-state index contributed by atoms with van der Waals surface area (Å²) in [7, 11) is 0. The first kappa shape index (κ1) is 16.4. The Morgan fingerprint density at radius 2 is 1.64 bits per heavy atom. The second-order valence-electron chi connectivity index (χ2n) is 5.31. The highest BCUT2D eigenvalue weighted by molar-refractivity contribution is 8.13. The summed E-state index contributed by atoms with van der Waals surface area (Å²) in [5.41, 5.74) is 10.5. The first-order valence-electron chi connectivity index (χ1n) is 7.27. The Morgan fingerprint density at radius 1 is 1.00 bits per heavy atom. The summed E-state index contributed by atoms with van der Waals surface area (Å²) in [6.45, 7) is 6.79. The summed E-state index contributed by atoms with van der Waals surface area (Å²) in [6.07, 6.45) is 0. The van der Waals surface area contributed by atoms with Gasteiger partial charge in [0, 0.05) is 5.75 Å². The van der Waals surface area contributed by atoms with Gasteiger partial charge in [-0.15, -0.1) is 0 Å². The van der Waals surface area contributed by atoms with Crippen molar-refractivity contribution in [3.63, 3.8) is 0 Å². The molecule has 2 aromatic carbocycles. The van der Waals surface area contributed by atoms with Gasteiger partial charge in [0.05, 0.1) is 12.3 Å². The van der Waals surface area contributed by atoms with Crippen LogP contribution in [0.15, 0.2) is 47.5 Å². The van der Waals surface area contributed by atoms with Crippen molar-refractivity contribution >= 4 is 22.6 Å². The molecule has 0 bridgehead atoms. The normalized spacial score (nSPS) is 11.5. The van der Waals surface area contributed by atoms with Crippen LogP contribution < -0.4 is 10.5 Å². The van der Waals surface area contributed by atoms with E-state index < -0.39 is 0 Å². The molecule has 0 radical (unpaired) electrons. The van der Waals surface area contributed by atoms with E-state index in [1.165, 1.54) is 28.5 Å². The van der Waals surface area contributed by atoms with Crippen molar-refractivity contribution in [2.45, 2.75) is 20.8 Å². The van der Waals surface area contributed by atoms with Gasteiger partial charge < -0.3 is 10.5 Å². The first-order chi connectivity index (χ1) is 10.5. The molecule has 0 amide bonds. The van der Waals surface area contributed by atoms with Gasteiger partial charge in [0.25, 0.3) is 0 Å². The van der Waals surface area contributed by atoms with Crippen LogP contribution in [0, 0.1) is 20.8 Å². The molecular weight excluding hydrogens is 292 g/mol. The number of benzene rings is 2. The Balaban J connectivity index is 1.80. The fourth-order valence-corrected chi connectivity index (χ4v) is 2.66. The molecule has 0 unspecified atom stereocenters. The number of ether oxygens (including phenoxy) is 1. The van der Waals surface area contributed by atoms with Crippen LogP contribution in [0.2, 0.25) is 0 Å². The van der Waals surface area contributed by atoms with Gasteiger partial charge in [0.2, 0.25) is 0 Å². The van der Waals surface area contributed by atoms with E-state index in [1.807, 2.05) is 36.4 Å². The van der Waals surface area contributed by atoms with E-state index >= 15 is 0 Å². The van der Waals surface area contributed by atoms with Gasteiger partial charge in [0.1, 0.15) is 5.75 Å². The minimum atomic E-state index is 0.567. The molecule has 116 valence electrons. The summed E-state index contributed by atoms with van der Waals surface area (Å²) in [4.78, 5) is 4.44. The third-order valence-electron chi connectivity index (χ3n) is 3.07. The van der Waals surface area contributed by atoms with Gasteiger partial charge in [-0.25, -0.2) is 4.99 Å². The number of aliphatic imine (C=N–C) groups is 1. The summed E-state index contributed by atoms with van der Waals surface area (Å²) in [5, 5.41) is 0.567. The summed E-state index contributed by atoms with van der Waals surface area (Å²) >= 11 is 1.51. The fraction of sp³-hybridized carbons (Fsp3) is 0.278. The molecule has 0 fully saturated rings. The predicted octanol–water partition coefficient (Wildman–Crippen LogP) is 4.37. The number of aryl methyl sites for hydroxylation is 3. The van der Waals surface area contributed by atoms with Gasteiger partial charge in [-0.05, 0) is 56.2 Å². The average Bonchev–Trinajstić information content (AvgIpc) is 2.44. The standard InChI is InChI=1S/C18H22N2OS/c1-13-4-6-17(7-5-13)21-8-9-22-18(19)20-16-11-14(2)10-15(3)12-16/h4-7,10-12H,8-9H2,1-3H3,(H2,19,20). The molecule has 0 aliphatic heterocycles. The fourth-order valence-electron chi connectivity index (χ4n) is 2.11. The lowest BCUT2D eigenvalue weighted by atomic mass is 10.1. The third kappa shape index (κ3) is 5.45. The molecule has 0 spiro atoms. The van der Waals surface area contributed by atoms with E-state index in [0.717, 1.165) is 17.2 Å². The van der Waals surface area contributed by atoms with Crippen molar-refractivity contribution in [1.82, 2.24) is 0 Å². The molecule has 2 aromatic rings. The van der Waals surface area contributed by atoms with Crippen molar-refractivity contribution in [2.24, 2.45) is 10.7 Å². The minimum absolute atomic E-state index is 0.567. The van der Waals surface area contributed by atoms with Crippen molar-refractivity contribution in [1.29, 1.82) is 0 Å². The number of nitrogens with two attached hydrogens (primary N) is 1. The monoisotopic (exact) mass is 314 g/mol. The second-order valence-corrected chi connectivity index (χ2v) is 6.42. The molecule has 4 heteroatoms. The number of amidine groups is 1. The van der Waals surface area contributed by atoms with E-state index in [-0.39, 0.29) is 0 Å². The molecule has 0 aromatic heterocycles. The molecule has 0 saturated heterocycles. The van der Waals surface area contributed by atoms with Crippen LogP contribution in [0.4, 0.5) is 5.69 Å². The summed E-state index contributed by atoms with van der Waals surface area (Å²) < 4.78 is 5.67. The molecule has 0 aliphatic carbocycles. The lowest BCUT2D eigenvalue weighted by molar-refractivity contribution is 0.344. The van der Waals surface area contributed by atoms with Gasteiger partial charge in [-0.2, -0.15) is 0 Å². The van der Waals surface area contributed by atoms with Crippen LogP contribution in [0.5, 0.6) is 5.75 Å². The molecule has 3 nitrogen and oxygen atoms in total. The highest BCUT2D eigenvalue weighted by Gasteiger charge is 1.99.